The molecule has 0 spiro atoms. The minimum atomic E-state index is 0.676. The van der Waals surface area contributed by atoms with E-state index in [0.29, 0.717) is 5.92 Å². The van der Waals surface area contributed by atoms with E-state index in [2.05, 4.69) is 22.0 Å². The fraction of sp³-hybridized carbons (Fsp3) is 0.438. The van der Waals surface area contributed by atoms with E-state index >= 15 is 0 Å². The van der Waals surface area contributed by atoms with Gasteiger partial charge < -0.3 is 10.6 Å². The maximum absolute atomic E-state index is 6.20. The maximum Gasteiger partial charge on any atom is 0.0737 e. The number of nitrogens with two attached hydrogens (primary N) is 1. The van der Waals surface area contributed by atoms with Crippen LogP contribution in [0, 0.1) is 12.8 Å². The monoisotopic (exact) mass is 289 g/mol. The SMILES string of the molecule is Cc1cc2c(N3CCC(CN)CC3)ccnc2cc1Cl. The van der Waals surface area contributed by atoms with E-state index < -0.39 is 0 Å². The minimum Gasteiger partial charge on any atom is -0.371 e. The van der Waals surface area contributed by atoms with E-state index in [4.69, 9.17) is 17.3 Å². The van der Waals surface area contributed by atoms with Gasteiger partial charge in [-0.15, -0.1) is 0 Å². The Hall–Kier alpha value is -1.32. The minimum absolute atomic E-state index is 0.676. The standard InChI is InChI=1S/C16H20ClN3/c1-11-8-13-15(9-14(11)17)19-5-2-16(13)20-6-3-12(10-18)4-7-20/h2,5,8-9,12H,3-4,6-7,10,18H2,1H3. The number of piperidine rings is 1. The number of nitrogens with zero attached hydrogens (tertiary/aromatic N) is 2. The third-order valence-electron chi connectivity index (χ3n) is 4.29. The van der Waals surface area contributed by atoms with Crippen LogP contribution in [-0.4, -0.2) is 24.6 Å². The van der Waals surface area contributed by atoms with E-state index in [1.165, 1.54) is 23.9 Å². The van der Waals surface area contributed by atoms with Crippen LogP contribution in [-0.2, 0) is 0 Å². The Morgan fingerprint density at radius 1 is 1.35 bits per heavy atom. The fourth-order valence-electron chi connectivity index (χ4n) is 2.95. The van der Waals surface area contributed by atoms with Crippen molar-refractivity contribution in [2.24, 2.45) is 11.7 Å². The highest BCUT2D eigenvalue weighted by atomic mass is 35.5. The lowest BCUT2D eigenvalue weighted by Crippen LogP contribution is -2.36. The number of rotatable bonds is 2. The van der Waals surface area contributed by atoms with E-state index in [9.17, 15) is 0 Å². The van der Waals surface area contributed by atoms with Gasteiger partial charge in [-0.05, 0) is 56.0 Å². The number of hydrogen-bond donors (Lipinski definition) is 1. The molecule has 0 atom stereocenters. The average Bonchev–Trinajstić information content (AvgIpc) is 2.48. The second-order valence-corrected chi connectivity index (χ2v) is 6.02. The molecule has 1 aromatic carbocycles. The molecule has 1 aliphatic rings. The summed E-state index contributed by atoms with van der Waals surface area (Å²) in [4.78, 5) is 6.89. The number of fused-ring (bicyclic) bond motifs is 1. The van der Waals surface area contributed by atoms with Gasteiger partial charge in [0, 0.05) is 35.4 Å². The van der Waals surface area contributed by atoms with Gasteiger partial charge in [0.15, 0.2) is 0 Å². The number of anilines is 1. The number of pyridine rings is 1. The zero-order valence-electron chi connectivity index (χ0n) is 11.8. The quantitative estimate of drug-likeness (QED) is 0.922. The number of benzene rings is 1. The van der Waals surface area contributed by atoms with Crippen molar-refractivity contribution >= 4 is 28.2 Å². The summed E-state index contributed by atoms with van der Waals surface area (Å²) >= 11 is 6.20. The predicted molar refractivity (Wildman–Crippen MR) is 85.5 cm³/mol. The summed E-state index contributed by atoms with van der Waals surface area (Å²) in [5.41, 5.74) is 9.11. The van der Waals surface area contributed by atoms with Crippen molar-refractivity contribution in [3.05, 3.63) is 35.0 Å². The summed E-state index contributed by atoms with van der Waals surface area (Å²) < 4.78 is 0. The third-order valence-corrected chi connectivity index (χ3v) is 4.69. The summed E-state index contributed by atoms with van der Waals surface area (Å²) in [7, 11) is 0. The van der Waals surface area contributed by atoms with Crippen molar-refractivity contribution in [3.63, 3.8) is 0 Å². The average molecular weight is 290 g/mol. The van der Waals surface area contributed by atoms with Crippen LogP contribution in [0.15, 0.2) is 24.4 Å². The Labute approximate surface area is 124 Å². The van der Waals surface area contributed by atoms with Crippen LogP contribution in [0.4, 0.5) is 5.69 Å². The zero-order valence-corrected chi connectivity index (χ0v) is 12.5. The van der Waals surface area contributed by atoms with Crippen LogP contribution in [0.1, 0.15) is 18.4 Å². The van der Waals surface area contributed by atoms with Crippen LogP contribution in [0.5, 0.6) is 0 Å². The molecule has 0 bridgehead atoms. The van der Waals surface area contributed by atoms with Crippen LogP contribution in [0.25, 0.3) is 10.9 Å². The summed E-state index contributed by atoms with van der Waals surface area (Å²) in [5, 5.41) is 1.98. The van der Waals surface area contributed by atoms with E-state index in [-0.39, 0.29) is 0 Å². The molecule has 1 saturated heterocycles. The molecule has 1 aromatic heterocycles. The Kier molecular flexibility index (Phi) is 3.81. The first-order chi connectivity index (χ1) is 9.69. The van der Waals surface area contributed by atoms with Gasteiger partial charge in [0.25, 0.3) is 0 Å². The van der Waals surface area contributed by atoms with Crippen molar-refractivity contribution in [2.75, 3.05) is 24.5 Å². The van der Waals surface area contributed by atoms with E-state index in [0.717, 1.165) is 35.7 Å². The number of halogens is 1. The Morgan fingerprint density at radius 3 is 2.80 bits per heavy atom. The van der Waals surface area contributed by atoms with Gasteiger partial charge in [-0.1, -0.05) is 11.6 Å². The highest BCUT2D eigenvalue weighted by Gasteiger charge is 2.20. The molecule has 20 heavy (non-hydrogen) atoms. The summed E-state index contributed by atoms with van der Waals surface area (Å²) in [6.45, 7) is 4.99. The lowest BCUT2D eigenvalue weighted by atomic mass is 9.96. The van der Waals surface area contributed by atoms with Crippen molar-refractivity contribution in [1.82, 2.24) is 4.98 Å². The Balaban J connectivity index is 1.97. The van der Waals surface area contributed by atoms with Gasteiger partial charge in [-0.25, -0.2) is 0 Å². The molecule has 0 saturated carbocycles. The third kappa shape index (κ3) is 2.48. The molecule has 4 heteroatoms. The maximum atomic E-state index is 6.20. The molecule has 1 aliphatic heterocycles. The molecular formula is C16H20ClN3. The first-order valence-corrected chi connectivity index (χ1v) is 7.56. The molecule has 0 radical (unpaired) electrons. The molecule has 3 rings (SSSR count). The Bertz CT molecular complexity index is 618. The summed E-state index contributed by atoms with van der Waals surface area (Å²) in [6.07, 6.45) is 4.22. The van der Waals surface area contributed by atoms with Gasteiger partial charge in [0.1, 0.15) is 0 Å². The van der Waals surface area contributed by atoms with Gasteiger partial charge >= 0.3 is 0 Å². The molecule has 0 amide bonds. The van der Waals surface area contributed by atoms with Crippen molar-refractivity contribution in [1.29, 1.82) is 0 Å². The van der Waals surface area contributed by atoms with Gasteiger partial charge in [-0.3, -0.25) is 4.98 Å². The fourth-order valence-corrected chi connectivity index (χ4v) is 3.10. The molecule has 106 valence electrons. The predicted octanol–water partition coefficient (Wildman–Crippen LogP) is 3.37. The van der Waals surface area contributed by atoms with Crippen LogP contribution in [0.2, 0.25) is 5.02 Å². The number of hydrogen-bond acceptors (Lipinski definition) is 3. The number of aryl methyl sites for hydroxylation is 1. The van der Waals surface area contributed by atoms with Crippen molar-refractivity contribution in [3.8, 4) is 0 Å². The van der Waals surface area contributed by atoms with Gasteiger partial charge in [-0.2, -0.15) is 0 Å². The van der Waals surface area contributed by atoms with Gasteiger partial charge in [0.05, 0.1) is 5.52 Å². The summed E-state index contributed by atoms with van der Waals surface area (Å²) in [5.74, 6) is 0.676. The highest BCUT2D eigenvalue weighted by molar-refractivity contribution is 6.32. The van der Waals surface area contributed by atoms with Gasteiger partial charge in [0.2, 0.25) is 0 Å². The normalized spacial score (nSPS) is 16.9. The smallest absolute Gasteiger partial charge is 0.0737 e. The van der Waals surface area contributed by atoms with Crippen molar-refractivity contribution in [2.45, 2.75) is 19.8 Å². The van der Waals surface area contributed by atoms with E-state index in [1.54, 1.807) is 0 Å². The lowest BCUT2D eigenvalue weighted by Gasteiger charge is -2.33. The topological polar surface area (TPSA) is 42.1 Å². The zero-order chi connectivity index (χ0) is 14.1. The van der Waals surface area contributed by atoms with Crippen LogP contribution in [0.3, 0.4) is 0 Å². The summed E-state index contributed by atoms with van der Waals surface area (Å²) in [6, 6.07) is 6.22. The molecule has 3 nitrogen and oxygen atoms in total. The molecule has 1 fully saturated rings. The molecule has 2 aromatic rings. The molecule has 2 N–H and O–H groups in total. The first-order valence-electron chi connectivity index (χ1n) is 7.19. The number of aromatic nitrogens is 1. The van der Waals surface area contributed by atoms with E-state index in [1.807, 2.05) is 19.2 Å². The van der Waals surface area contributed by atoms with Crippen LogP contribution >= 0.6 is 11.6 Å². The molecule has 0 aliphatic carbocycles. The molecule has 0 unspecified atom stereocenters. The van der Waals surface area contributed by atoms with Crippen molar-refractivity contribution < 1.29 is 0 Å². The molecular weight excluding hydrogens is 270 g/mol. The Morgan fingerprint density at radius 2 is 2.10 bits per heavy atom. The lowest BCUT2D eigenvalue weighted by molar-refractivity contribution is 0.415. The first kappa shape index (κ1) is 13.7. The largest absolute Gasteiger partial charge is 0.371 e. The second-order valence-electron chi connectivity index (χ2n) is 5.61. The second kappa shape index (κ2) is 5.58. The highest BCUT2D eigenvalue weighted by Crippen LogP contribution is 2.31. The van der Waals surface area contributed by atoms with Crippen LogP contribution < -0.4 is 10.6 Å². The molecule has 2 heterocycles.